The van der Waals surface area contributed by atoms with Gasteiger partial charge in [-0.05, 0) is 36.3 Å². The Balaban J connectivity index is 2.42. The van der Waals surface area contributed by atoms with E-state index in [1.54, 1.807) is 11.8 Å². The molecule has 0 unspecified atom stereocenters. The minimum Gasteiger partial charge on any atom is -0.271 e. The van der Waals surface area contributed by atoms with Crippen LogP contribution in [0.3, 0.4) is 0 Å². The van der Waals surface area contributed by atoms with Crippen LogP contribution in [-0.4, -0.2) is 17.7 Å². The summed E-state index contributed by atoms with van der Waals surface area (Å²) in [6.07, 6.45) is 5.86. The van der Waals surface area contributed by atoms with Crippen molar-refractivity contribution in [2.24, 2.45) is 4.99 Å². The number of nitriles is 1. The van der Waals surface area contributed by atoms with E-state index in [-0.39, 0.29) is 0 Å². The van der Waals surface area contributed by atoms with Gasteiger partial charge in [-0.1, -0.05) is 42.1 Å². The van der Waals surface area contributed by atoms with Crippen molar-refractivity contribution >= 4 is 34.4 Å². The van der Waals surface area contributed by atoms with Crippen LogP contribution in [-0.2, 0) is 0 Å². The van der Waals surface area contributed by atoms with Crippen LogP contribution in [0.2, 0.25) is 0 Å². The van der Waals surface area contributed by atoms with E-state index >= 15 is 0 Å². The first kappa shape index (κ1) is 15.5. The van der Waals surface area contributed by atoms with E-state index in [9.17, 15) is 0 Å². The molecule has 0 aliphatic carbocycles. The molecule has 21 heavy (non-hydrogen) atoms. The average Bonchev–Trinajstić information content (AvgIpc) is 2.55. The fraction of sp³-hybridized carbons (Fsp3) is 0.125. The number of nitrogens with zero attached hydrogens (tertiary/aromatic N) is 2. The molecule has 2 rings (SSSR count). The molecule has 0 atom stereocenters. The highest BCUT2D eigenvalue weighted by atomic mass is 32.2. The first-order valence-corrected chi connectivity index (χ1v) is 8.74. The fourth-order valence-corrected chi connectivity index (χ4v) is 2.61. The van der Waals surface area contributed by atoms with Crippen molar-refractivity contribution in [2.45, 2.75) is 4.90 Å². The van der Waals surface area contributed by atoms with E-state index in [1.165, 1.54) is 16.7 Å². The van der Waals surface area contributed by atoms with Crippen LogP contribution in [0, 0.1) is 11.5 Å². The molecule has 0 bridgehead atoms. The molecule has 3 nitrogen and oxygen atoms in total. The third-order valence-corrected chi connectivity index (χ3v) is 4.21. The molecule has 1 N–H and O–H groups in total. The second kappa shape index (κ2) is 7.77. The van der Waals surface area contributed by atoms with Crippen molar-refractivity contribution in [2.75, 3.05) is 12.5 Å². The Labute approximate surface area is 133 Å². The van der Waals surface area contributed by atoms with Gasteiger partial charge in [-0.2, -0.15) is 5.26 Å². The largest absolute Gasteiger partial charge is 0.271 e. The number of hydrogen-bond acceptors (Lipinski definition) is 4. The van der Waals surface area contributed by atoms with Gasteiger partial charge in [0.25, 0.3) is 0 Å². The number of nitrogens with one attached hydrogen (secondary N) is 1. The van der Waals surface area contributed by atoms with Crippen molar-refractivity contribution < 1.29 is 0 Å². The predicted octanol–water partition coefficient (Wildman–Crippen LogP) is 4.50. The van der Waals surface area contributed by atoms with E-state index in [0.717, 1.165) is 16.8 Å². The van der Waals surface area contributed by atoms with Crippen molar-refractivity contribution in [1.82, 2.24) is 5.32 Å². The maximum atomic E-state index is 8.73. The summed E-state index contributed by atoms with van der Waals surface area (Å²) in [7, 11) is 0. The maximum Gasteiger partial charge on any atom is 0.183 e. The first-order valence-electron chi connectivity index (χ1n) is 6.29. The van der Waals surface area contributed by atoms with Crippen molar-refractivity contribution in [3.05, 3.63) is 48.5 Å². The molecule has 0 fully saturated rings. The number of thioether (sulfide) groups is 2. The summed E-state index contributed by atoms with van der Waals surface area (Å²) in [6, 6.07) is 16.3. The van der Waals surface area contributed by atoms with E-state index in [2.05, 4.69) is 40.8 Å². The fourth-order valence-electron chi connectivity index (χ4n) is 1.87. The Kier molecular flexibility index (Phi) is 5.73. The quantitative estimate of drug-likeness (QED) is 0.298. The Morgan fingerprint density at radius 2 is 1.81 bits per heavy atom. The SMILES string of the molecule is CSC(=Nc1ccccc1-c1ccc(SC)cc1)NC#N. The van der Waals surface area contributed by atoms with Crippen molar-refractivity contribution in [3.8, 4) is 17.3 Å². The minimum absolute atomic E-state index is 0.589. The summed E-state index contributed by atoms with van der Waals surface area (Å²) < 4.78 is 0. The summed E-state index contributed by atoms with van der Waals surface area (Å²) in [6.45, 7) is 0. The lowest BCUT2D eigenvalue weighted by molar-refractivity contribution is 1.28. The monoisotopic (exact) mass is 313 g/mol. The van der Waals surface area contributed by atoms with E-state index in [4.69, 9.17) is 5.26 Å². The topological polar surface area (TPSA) is 48.2 Å². The molecule has 106 valence electrons. The first-order chi connectivity index (χ1) is 10.3. The lowest BCUT2D eigenvalue weighted by Crippen LogP contribution is -2.12. The molecule has 0 heterocycles. The van der Waals surface area contributed by atoms with Crippen LogP contribution in [0.25, 0.3) is 11.1 Å². The van der Waals surface area contributed by atoms with Crippen LogP contribution < -0.4 is 5.32 Å². The van der Waals surface area contributed by atoms with Crippen LogP contribution in [0.5, 0.6) is 0 Å². The van der Waals surface area contributed by atoms with Gasteiger partial charge in [-0.25, -0.2) is 4.99 Å². The molecule has 0 radical (unpaired) electrons. The number of benzene rings is 2. The Morgan fingerprint density at radius 3 is 2.43 bits per heavy atom. The molecule has 0 saturated heterocycles. The summed E-state index contributed by atoms with van der Waals surface area (Å²) in [4.78, 5) is 5.76. The molecule has 0 spiro atoms. The predicted molar refractivity (Wildman–Crippen MR) is 93.0 cm³/mol. The van der Waals surface area contributed by atoms with Crippen LogP contribution in [0.15, 0.2) is 58.4 Å². The molecule has 0 amide bonds. The van der Waals surface area contributed by atoms with Gasteiger partial charge in [0.2, 0.25) is 0 Å². The number of aliphatic imine (C=N–C) groups is 1. The van der Waals surface area contributed by atoms with Crippen LogP contribution in [0.1, 0.15) is 0 Å². The highest BCUT2D eigenvalue weighted by molar-refractivity contribution is 8.13. The highest BCUT2D eigenvalue weighted by Crippen LogP contribution is 2.31. The standard InChI is InChI=1S/C16H15N3S2/c1-20-13-9-7-12(8-10-13)14-5-3-4-6-15(14)19-16(21-2)18-11-17/h3-10H,1-2H3,(H,18,19). The smallest absolute Gasteiger partial charge is 0.183 e. The molecule has 0 aliphatic heterocycles. The molecule has 2 aromatic carbocycles. The highest BCUT2D eigenvalue weighted by Gasteiger charge is 2.05. The zero-order valence-corrected chi connectivity index (χ0v) is 13.5. The van der Waals surface area contributed by atoms with Gasteiger partial charge in [0.05, 0.1) is 5.69 Å². The number of hydrogen-bond donors (Lipinski definition) is 1. The van der Waals surface area contributed by atoms with Crippen LogP contribution >= 0.6 is 23.5 Å². The third kappa shape index (κ3) is 4.03. The Morgan fingerprint density at radius 1 is 1.10 bits per heavy atom. The molecular formula is C16H15N3S2. The van der Waals surface area contributed by atoms with Gasteiger partial charge >= 0.3 is 0 Å². The normalized spacial score (nSPS) is 11.0. The van der Waals surface area contributed by atoms with E-state index < -0.39 is 0 Å². The molecular weight excluding hydrogens is 298 g/mol. The zero-order chi connectivity index (χ0) is 15.1. The molecule has 0 aliphatic rings. The Bertz CT molecular complexity index is 673. The van der Waals surface area contributed by atoms with Gasteiger partial charge in [-0.15, -0.1) is 11.8 Å². The van der Waals surface area contributed by atoms with Crippen molar-refractivity contribution in [1.29, 1.82) is 5.26 Å². The van der Waals surface area contributed by atoms with Gasteiger partial charge in [0.15, 0.2) is 11.4 Å². The summed E-state index contributed by atoms with van der Waals surface area (Å²) in [5.74, 6) is 0. The summed E-state index contributed by atoms with van der Waals surface area (Å²) >= 11 is 3.13. The van der Waals surface area contributed by atoms with E-state index in [0.29, 0.717) is 5.17 Å². The molecule has 5 heteroatoms. The number of amidine groups is 1. The average molecular weight is 313 g/mol. The van der Waals surface area contributed by atoms with Gasteiger partial charge in [0.1, 0.15) is 0 Å². The lowest BCUT2D eigenvalue weighted by Gasteiger charge is -2.08. The van der Waals surface area contributed by atoms with E-state index in [1.807, 2.05) is 36.7 Å². The molecule has 2 aromatic rings. The molecule has 0 saturated carbocycles. The third-order valence-electron chi connectivity index (χ3n) is 2.88. The van der Waals surface area contributed by atoms with Crippen molar-refractivity contribution in [3.63, 3.8) is 0 Å². The number of rotatable bonds is 3. The van der Waals surface area contributed by atoms with Gasteiger partial charge in [-0.3, -0.25) is 5.32 Å². The minimum atomic E-state index is 0.589. The second-order valence-corrected chi connectivity index (χ2v) is 5.78. The van der Waals surface area contributed by atoms with Gasteiger partial charge < -0.3 is 0 Å². The number of para-hydroxylation sites is 1. The molecule has 0 aromatic heterocycles. The second-order valence-electron chi connectivity index (χ2n) is 4.10. The lowest BCUT2D eigenvalue weighted by atomic mass is 10.0. The summed E-state index contributed by atoms with van der Waals surface area (Å²) in [5, 5.41) is 11.9. The Hall–Kier alpha value is -1.90. The van der Waals surface area contributed by atoms with Crippen LogP contribution in [0.4, 0.5) is 5.69 Å². The summed E-state index contributed by atoms with van der Waals surface area (Å²) in [5.41, 5.74) is 3.02. The van der Waals surface area contributed by atoms with Gasteiger partial charge in [0, 0.05) is 10.5 Å². The maximum absolute atomic E-state index is 8.73. The zero-order valence-electron chi connectivity index (χ0n) is 11.8.